The maximum Gasteiger partial charge on any atom is -0.00773 e. The van der Waals surface area contributed by atoms with E-state index in [-0.39, 0.29) is 0 Å². The van der Waals surface area contributed by atoms with Gasteiger partial charge in [0, 0.05) is 0 Å². The van der Waals surface area contributed by atoms with Crippen molar-refractivity contribution in [3.63, 3.8) is 0 Å². The van der Waals surface area contributed by atoms with E-state index in [1.165, 1.54) is 89.9 Å². The minimum absolute atomic E-state index is 0.832. The maximum atomic E-state index is 5.49. The predicted molar refractivity (Wildman–Crippen MR) is 110 cm³/mol. The van der Waals surface area contributed by atoms with Crippen LogP contribution in [-0.2, 0) is 0 Å². The molecule has 0 radical (unpaired) electrons. The summed E-state index contributed by atoms with van der Waals surface area (Å²) in [5.41, 5.74) is 11.0. The fourth-order valence-corrected chi connectivity index (χ4v) is 2.61. The minimum atomic E-state index is 0.832. The van der Waals surface area contributed by atoms with E-state index in [2.05, 4.69) is 36.5 Å². The summed E-state index contributed by atoms with van der Waals surface area (Å²) in [6, 6.07) is 0. The largest absolute Gasteiger partial charge is 0.330 e. The van der Waals surface area contributed by atoms with Crippen LogP contribution < -0.4 is 11.5 Å². The Labute approximate surface area is 151 Å². The van der Waals surface area contributed by atoms with E-state index in [1.54, 1.807) is 0 Å². The number of nitrogens with two attached hydrogens (primary N) is 2. The van der Waals surface area contributed by atoms with E-state index in [4.69, 9.17) is 11.5 Å². The van der Waals surface area contributed by atoms with Gasteiger partial charge in [0.2, 0.25) is 0 Å². The molecule has 0 aliphatic rings. The molecule has 0 amide bonds. The first-order chi connectivity index (χ1) is 11.9. The molecule has 0 rings (SSSR count). The van der Waals surface area contributed by atoms with Crippen LogP contribution in [0.25, 0.3) is 0 Å². The van der Waals surface area contributed by atoms with Crippen molar-refractivity contribution < 1.29 is 0 Å². The van der Waals surface area contributed by atoms with Crippen LogP contribution in [0.5, 0.6) is 0 Å². The van der Waals surface area contributed by atoms with E-state index in [9.17, 15) is 0 Å². The quantitative estimate of drug-likeness (QED) is 0.237. The third kappa shape index (κ3) is 21.1. The molecule has 0 saturated carbocycles. The van der Waals surface area contributed by atoms with Gasteiger partial charge in [0.05, 0.1) is 0 Å². The summed E-state index contributed by atoms with van der Waals surface area (Å²) in [5.74, 6) is 0. The minimum Gasteiger partial charge on any atom is -0.330 e. The van der Waals surface area contributed by atoms with E-state index < -0.39 is 0 Å². The van der Waals surface area contributed by atoms with Crippen molar-refractivity contribution in [2.75, 3.05) is 13.1 Å². The molecule has 0 heterocycles. The van der Waals surface area contributed by atoms with E-state index in [0.29, 0.717) is 0 Å². The Morgan fingerprint density at radius 2 is 0.625 bits per heavy atom. The van der Waals surface area contributed by atoms with Crippen LogP contribution in [0.15, 0.2) is 36.5 Å². The molecule has 0 saturated heterocycles. The van der Waals surface area contributed by atoms with Crippen LogP contribution in [0.4, 0.5) is 0 Å². The smallest absolute Gasteiger partial charge is 0.00773 e. The first-order valence-corrected chi connectivity index (χ1v) is 10.3. The summed E-state index contributed by atoms with van der Waals surface area (Å²) >= 11 is 0. The molecule has 140 valence electrons. The Hall–Kier alpha value is -0.860. The van der Waals surface area contributed by atoms with Crippen molar-refractivity contribution in [3.8, 4) is 0 Å². The van der Waals surface area contributed by atoms with Gasteiger partial charge in [-0.1, -0.05) is 62.1 Å². The Morgan fingerprint density at radius 1 is 0.333 bits per heavy atom. The van der Waals surface area contributed by atoms with Crippen LogP contribution in [0.3, 0.4) is 0 Å². The molecule has 0 aliphatic heterocycles. The van der Waals surface area contributed by atoms with Crippen molar-refractivity contribution in [1.29, 1.82) is 0 Å². The third-order valence-corrected chi connectivity index (χ3v) is 4.15. The van der Waals surface area contributed by atoms with Gasteiger partial charge in [0.15, 0.2) is 0 Å². The fraction of sp³-hybridized carbons (Fsp3) is 0.727. The van der Waals surface area contributed by atoms with Crippen molar-refractivity contribution >= 4 is 0 Å². The first-order valence-electron chi connectivity index (χ1n) is 10.3. The number of rotatable bonds is 18. The van der Waals surface area contributed by atoms with Crippen LogP contribution >= 0.6 is 0 Å². The molecule has 0 bridgehead atoms. The van der Waals surface area contributed by atoms with Gasteiger partial charge in [-0.25, -0.2) is 0 Å². The molecule has 4 N–H and O–H groups in total. The Kier molecular flexibility index (Phi) is 21.3. The van der Waals surface area contributed by atoms with Gasteiger partial charge in [0.1, 0.15) is 0 Å². The second kappa shape index (κ2) is 22.1. The second-order valence-corrected chi connectivity index (χ2v) is 6.55. The fourth-order valence-electron chi connectivity index (χ4n) is 2.61. The van der Waals surface area contributed by atoms with Crippen LogP contribution in [0.2, 0.25) is 0 Å². The molecule has 0 aliphatic carbocycles. The lowest BCUT2D eigenvalue weighted by molar-refractivity contribution is 0.622. The Bertz CT molecular complexity index is 305. The summed E-state index contributed by atoms with van der Waals surface area (Å²) in [6.07, 6.45) is 31.4. The van der Waals surface area contributed by atoms with Gasteiger partial charge in [-0.2, -0.15) is 0 Å². The first kappa shape index (κ1) is 23.1. The molecule has 0 aromatic heterocycles. The highest BCUT2D eigenvalue weighted by Gasteiger charge is 1.88. The van der Waals surface area contributed by atoms with Gasteiger partial charge in [-0.05, 0) is 77.3 Å². The zero-order chi connectivity index (χ0) is 17.6. The molecule has 0 aromatic carbocycles. The molecule has 0 spiro atoms. The molecular weight excluding hydrogens is 292 g/mol. The van der Waals surface area contributed by atoms with Gasteiger partial charge >= 0.3 is 0 Å². The normalized spacial score (nSPS) is 12.2. The topological polar surface area (TPSA) is 52.0 Å². The van der Waals surface area contributed by atoms with Crippen LogP contribution in [0, 0.1) is 0 Å². The summed E-state index contributed by atoms with van der Waals surface area (Å²) in [4.78, 5) is 0. The van der Waals surface area contributed by atoms with Crippen molar-refractivity contribution in [3.05, 3.63) is 36.5 Å². The molecule has 2 nitrogen and oxygen atoms in total. The maximum absolute atomic E-state index is 5.49. The number of hydrogen-bond acceptors (Lipinski definition) is 2. The second-order valence-electron chi connectivity index (χ2n) is 6.55. The van der Waals surface area contributed by atoms with E-state index in [1.807, 2.05) is 0 Å². The summed E-state index contributed by atoms with van der Waals surface area (Å²) in [7, 11) is 0. The van der Waals surface area contributed by atoms with E-state index >= 15 is 0 Å². The van der Waals surface area contributed by atoms with Gasteiger partial charge < -0.3 is 11.5 Å². The zero-order valence-electron chi connectivity index (χ0n) is 15.9. The van der Waals surface area contributed by atoms with Crippen molar-refractivity contribution in [2.45, 2.75) is 89.9 Å². The SMILES string of the molecule is NCCCCCC=CCCC=CCCC=CCCCCCCCN. The predicted octanol–water partition coefficient (Wildman–Crippen LogP) is 6.03. The van der Waals surface area contributed by atoms with Crippen molar-refractivity contribution in [2.24, 2.45) is 11.5 Å². The highest BCUT2D eigenvalue weighted by Crippen LogP contribution is 2.06. The molecule has 2 heteroatoms. The molecule has 24 heavy (non-hydrogen) atoms. The summed E-state index contributed by atoms with van der Waals surface area (Å²) in [5, 5.41) is 0. The number of unbranched alkanes of at least 4 members (excludes halogenated alkanes) is 10. The van der Waals surface area contributed by atoms with E-state index in [0.717, 1.165) is 13.1 Å². The monoisotopic (exact) mass is 334 g/mol. The molecular formula is C22H42N2. The zero-order valence-corrected chi connectivity index (χ0v) is 15.9. The lowest BCUT2D eigenvalue weighted by Gasteiger charge is -1.97. The lowest BCUT2D eigenvalue weighted by Crippen LogP contribution is -1.97. The third-order valence-electron chi connectivity index (χ3n) is 4.15. The van der Waals surface area contributed by atoms with Crippen LogP contribution in [-0.4, -0.2) is 13.1 Å². The highest BCUT2D eigenvalue weighted by atomic mass is 14.5. The number of hydrogen-bond donors (Lipinski definition) is 2. The molecule has 0 unspecified atom stereocenters. The van der Waals surface area contributed by atoms with Crippen molar-refractivity contribution in [1.82, 2.24) is 0 Å². The number of allylic oxidation sites excluding steroid dienone is 6. The average Bonchev–Trinajstić information content (AvgIpc) is 2.60. The van der Waals surface area contributed by atoms with Gasteiger partial charge in [0.25, 0.3) is 0 Å². The highest BCUT2D eigenvalue weighted by molar-refractivity contribution is 4.90. The average molecular weight is 335 g/mol. The summed E-state index contributed by atoms with van der Waals surface area (Å²) < 4.78 is 0. The lowest BCUT2D eigenvalue weighted by atomic mass is 10.1. The molecule has 0 aromatic rings. The molecule has 0 fully saturated rings. The molecule has 0 atom stereocenters. The van der Waals surface area contributed by atoms with Gasteiger partial charge in [-0.3, -0.25) is 0 Å². The Morgan fingerprint density at radius 3 is 1.04 bits per heavy atom. The van der Waals surface area contributed by atoms with Crippen LogP contribution in [0.1, 0.15) is 89.9 Å². The van der Waals surface area contributed by atoms with Gasteiger partial charge in [-0.15, -0.1) is 0 Å². The summed E-state index contributed by atoms with van der Waals surface area (Å²) in [6.45, 7) is 1.68. The standard InChI is InChI=1S/C22H42N2/c23-21-19-17-15-13-11-9-7-5-3-1-2-4-6-8-10-12-14-16-18-20-22-24/h1,3,6,8-9,11H,2,4-5,7,10,12-24H2. The Balaban J connectivity index is 3.23.